The highest BCUT2D eigenvalue weighted by Crippen LogP contribution is 2.29. The van der Waals surface area contributed by atoms with E-state index in [0.29, 0.717) is 0 Å². The summed E-state index contributed by atoms with van der Waals surface area (Å²) in [6.45, 7) is 16.1. The SMILES string of the molecule is CCCC(C)(CC)NC(C)(CC)CCC(N)(CC)CC. The molecule has 0 saturated carbocycles. The van der Waals surface area contributed by atoms with Gasteiger partial charge in [-0.25, -0.2) is 0 Å². The van der Waals surface area contributed by atoms with Gasteiger partial charge in [-0.05, 0) is 58.8 Å². The summed E-state index contributed by atoms with van der Waals surface area (Å²) in [6.07, 6.45) is 9.26. The number of nitrogens with two attached hydrogens (primary N) is 1. The molecule has 0 rings (SSSR count). The summed E-state index contributed by atoms with van der Waals surface area (Å²) in [4.78, 5) is 0. The Kier molecular flexibility index (Phi) is 8.35. The predicted molar refractivity (Wildman–Crippen MR) is 92.2 cm³/mol. The van der Waals surface area contributed by atoms with E-state index in [9.17, 15) is 0 Å². The van der Waals surface area contributed by atoms with Crippen LogP contribution < -0.4 is 11.1 Å². The Hall–Kier alpha value is -0.0800. The predicted octanol–water partition coefficient (Wildman–Crippen LogP) is 5.01. The average Bonchev–Trinajstić information content (AvgIpc) is 2.45. The zero-order valence-corrected chi connectivity index (χ0v) is 15.2. The van der Waals surface area contributed by atoms with E-state index in [1.165, 1.54) is 25.7 Å². The Bertz CT molecular complexity index is 260. The quantitative estimate of drug-likeness (QED) is 0.559. The zero-order chi connectivity index (χ0) is 15.9. The summed E-state index contributed by atoms with van der Waals surface area (Å²) in [5.74, 6) is 0. The summed E-state index contributed by atoms with van der Waals surface area (Å²) in [5.41, 5.74) is 6.97. The fourth-order valence-electron chi connectivity index (χ4n) is 3.06. The lowest BCUT2D eigenvalue weighted by molar-refractivity contribution is 0.178. The van der Waals surface area contributed by atoms with Crippen LogP contribution in [-0.4, -0.2) is 16.6 Å². The van der Waals surface area contributed by atoms with E-state index in [-0.39, 0.29) is 16.6 Å². The summed E-state index contributed by atoms with van der Waals surface area (Å²) in [5, 5.41) is 3.97. The Balaban J connectivity index is 4.76. The third kappa shape index (κ3) is 6.13. The minimum absolute atomic E-state index is 0.0193. The highest BCUT2D eigenvalue weighted by atomic mass is 15.0. The fourth-order valence-corrected chi connectivity index (χ4v) is 3.06. The van der Waals surface area contributed by atoms with Crippen molar-refractivity contribution < 1.29 is 0 Å². The van der Waals surface area contributed by atoms with Gasteiger partial charge in [-0.3, -0.25) is 0 Å². The van der Waals surface area contributed by atoms with E-state index in [1.807, 2.05) is 0 Å². The van der Waals surface area contributed by atoms with Gasteiger partial charge in [0.05, 0.1) is 0 Å². The first-order chi connectivity index (χ1) is 9.22. The van der Waals surface area contributed by atoms with E-state index in [1.54, 1.807) is 0 Å². The van der Waals surface area contributed by atoms with Crippen molar-refractivity contribution >= 4 is 0 Å². The van der Waals surface area contributed by atoms with Crippen LogP contribution in [0.2, 0.25) is 0 Å². The molecule has 0 bridgehead atoms. The molecule has 20 heavy (non-hydrogen) atoms. The second-order valence-electron chi connectivity index (χ2n) is 7.27. The minimum atomic E-state index is 0.0193. The molecule has 0 aromatic rings. The number of rotatable bonds is 11. The summed E-state index contributed by atoms with van der Waals surface area (Å²) in [7, 11) is 0. The van der Waals surface area contributed by atoms with Crippen LogP contribution in [0.15, 0.2) is 0 Å². The minimum Gasteiger partial charge on any atom is -0.325 e. The van der Waals surface area contributed by atoms with Crippen molar-refractivity contribution in [1.82, 2.24) is 5.32 Å². The topological polar surface area (TPSA) is 38.0 Å². The lowest BCUT2D eigenvalue weighted by Crippen LogP contribution is -2.55. The van der Waals surface area contributed by atoms with Crippen LogP contribution in [0.5, 0.6) is 0 Å². The Morgan fingerprint density at radius 2 is 1.15 bits per heavy atom. The summed E-state index contributed by atoms with van der Waals surface area (Å²) in [6, 6.07) is 0. The zero-order valence-electron chi connectivity index (χ0n) is 15.2. The van der Waals surface area contributed by atoms with Crippen LogP contribution in [-0.2, 0) is 0 Å². The number of hydrogen-bond acceptors (Lipinski definition) is 2. The first kappa shape index (κ1) is 19.9. The molecule has 0 spiro atoms. The molecule has 122 valence electrons. The number of nitrogens with one attached hydrogen (secondary N) is 1. The Labute approximate surface area is 128 Å². The first-order valence-electron chi connectivity index (χ1n) is 8.80. The second kappa shape index (κ2) is 8.38. The third-order valence-corrected chi connectivity index (χ3v) is 5.55. The molecule has 0 heterocycles. The molecular weight excluding hydrogens is 244 g/mol. The molecule has 2 atom stereocenters. The molecule has 0 amide bonds. The van der Waals surface area contributed by atoms with Gasteiger partial charge in [0.25, 0.3) is 0 Å². The van der Waals surface area contributed by atoms with Gasteiger partial charge in [-0.1, -0.05) is 41.0 Å². The second-order valence-corrected chi connectivity index (χ2v) is 7.27. The Morgan fingerprint density at radius 1 is 0.700 bits per heavy atom. The molecule has 0 aliphatic heterocycles. The molecule has 0 saturated heterocycles. The van der Waals surface area contributed by atoms with E-state index in [0.717, 1.165) is 25.7 Å². The molecule has 2 heteroatoms. The molecule has 0 aliphatic carbocycles. The van der Waals surface area contributed by atoms with Crippen LogP contribution in [0.25, 0.3) is 0 Å². The maximum absolute atomic E-state index is 6.49. The Morgan fingerprint density at radius 3 is 1.50 bits per heavy atom. The van der Waals surface area contributed by atoms with Crippen molar-refractivity contribution in [3.8, 4) is 0 Å². The van der Waals surface area contributed by atoms with E-state index < -0.39 is 0 Å². The smallest absolute Gasteiger partial charge is 0.0156 e. The summed E-state index contributed by atoms with van der Waals surface area (Å²) < 4.78 is 0. The summed E-state index contributed by atoms with van der Waals surface area (Å²) >= 11 is 0. The standard InChI is InChI=1S/C18H40N2/c1-8-13-16(6,9-2)20-17(7,10-3)14-15-18(19,11-4)12-5/h20H,8-15,19H2,1-7H3. The van der Waals surface area contributed by atoms with Gasteiger partial charge in [-0.15, -0.1) is 0 Å². The van der Waals surface area contributed by atoms with Gasteiger partial charge in [0.15, 0.2) is 0 Å². The molecule has 0 radical (unpaired) electrons. The molecule has 0 aromatic carbocycles. The van der Waals surface area contributed by atoms with E-state index >= 15 is 0 Å². The van der Waals surface area contributed by atoms with Crippen LogP contribution in [0.1, 0.15) is 99.8 Å². The van der Waals surface area contributed by atoms with Crippen molar-refractivity contribution in [3.05, 3.63) is 0 Å². The highest BCUT2D eigenvalue weighted by molar-refractivity contribution is 4.94. The largest absolute Gasteiger partial charge is 0.325 e. The molecular formula is C18H40N2. The van der Waals surface area contributed by atoms with Crippen molar-refractivity contribution in [2.45, 2.75) is 116 Å². The first-order valence-corrected chi connectivity index (χ1v) is 8.80. The number of hydrogen-bond donors (Lipinski definition) is 2. The van der Waals surface area contributed by atoms with Crippen LogP contribution in [0.4, 0.5) is 0 Å². The lowest BCUT2D eigenvalue weighted by Gasteiger charge is -2.43. The van der Waals surface area contributed by atoms with Crippen molar-refractivity contribution in [2.75, 3.05) is 0 Å². The lowest BCUT2D eigenvalue weighted by atomic mass is 9.80. The van der Waals surface area contributed by atoms with Gasteiger partial charge in [0.1, 0.15) is 0 Å². The van der Waals surface area contributed by atoms with Crippen molar-refractivity contribution in [3.63, 3.8) is 0 Å². The van der Waals surface area contributed by atoms with Gasteiger partial charge < -0.3 is 11.1 Å². The highest BCUT2D eigenvalue weighted by Gasteiger charge is 2.33. The van der Waals surface area contributed by atoms with Gasteiger partial charge >= 0.3 is 0 Å². The molecule has 2 unspecified atom stereocenters. The van der Waals surface area contributed by atoms with Crippen molar-refractivity contribution in [1.29, 1.82) is 0 Å². The van der Waals surface area contributed by atoms with Crippen LogP contribution in [0.3, 0.4) is 0 Å². The molecule has 2 nitrogen and oxygen atoms in total. The maximum Gasteiger partial charge on any atom is 0.0156 e. The normalized spacial score (nSPS) is 18.6. The monoisotopic (exact) mass is 284 g/mol. The van der Waals surface area contributed by atoms with Crippen LogP contribution in [0, 0.1) is 0 Å². The third-order valence-electron chi connectivity index (χ3n) is 5.55. The van der Waals surface area contributed by atoms with Crippen LogP contribution >= 0.6 is 0 Å². The maximum atomic E-state index is 6.49. The molecule has 0 fully saturated rings. The fraction of sp³-hybridized carbons (Fsp3) is 1.00. The molecule has 0 aliphatic rings. The van der Waals surface area contributed by atoms with Gasteiger partial charge in [-0.2, -0.15) is 0 Å². The molecule has 3 N–H and O–H groups in total. The van der Waals surface area contributed by atoms with E-state index in [4.69, 9.17) is 5.73 Å². The van der Waals surface area contributed by atoms with Gasteiger partial charge in [0, 0.05) is 16.6 Å². The van der Waals surface area contributed by atoms with Gasteiger partial charge in [0.2, 0.25) is 0 Å². The van der Waals surface area contributed by atoms with E-state index in [2.05, 4.69) is 53.8 Å². The van der Waals surface area contributed by atoms with Crippen molar-refractivity contribution in [2.24, 2.45) is 5.73 Å². The average molecular weight is 285 g/mol. The molecule has 0 aromatic heterocycles.